The normalized spacial score (nSPS) is 12.8. The van der Waals surface area contributed by atoms with Gasteiger partial charge in [0.25, 0.3) is 5.91 Å². The number of amides is 1. The van der Waals surface area contributed by atoms with Crippen LogP contribution in [0.1, 0.15) is 36.8 Å². The standard InChI is InChI=1S/C25H25N3O2/c1-17(2)22(23-26-20-15-9-10-16-21(20)27-23)28-24(29)25(30,18-11-5-3-6-12-18)19-13-7-4-8-14-19/h3-17,22,30H,1-2H3,(H,26,27)(H,28,29). The maximum Gasteiger partial charge on any atom is 0.262 e. The molecule has 1 atom stereocenters. The SMILES string of the molecule is CC(C)C(NC(=O)C(O)(c1ccccc1)c1ccccc1)c1nc2ccccc2[nH]1. The summed E-state index contributed by atoms with van der Waals surface area (Å²) in [5, 5.41) is 14.7. The molecule has 0 aliphatic rings. The lowest BCUT2D eigenvalue weighted by molar-refractivity contribution is -0.138. The number of para-hydroxylation sites is 2. The van der Waals surface area contributed by atoms with E-state index in [1.54, 1.807) is 24.3 Å². The minimum Gasteiger partial charge on any atom is -0.372 e. The predicted octanol–water partition coefficient (Wildman–Crippen LogP) is 4.31. The second kappa shape index (κ2) is 8.13. The molecule has 0 aliphatic heterocycles. The quantitative estimate of drug-likeness (QED) is 0.452. The van der Waals surface area contributed by atoms with Crippen LogP contribution in [0.25, 0.3) is 11.0 Å². The van der Waals surface area contributed by atoms with Crippen LogP contribution >= 0.6 is 0 Å². The van der Waals surface area contributed by atoms with E-state index in [0.717, 1.165) is 11.0 Å². The number of benzene rings is 3. The van der Waals surface area contributed by atoms with E-state index in [2.05, 4.69) is 15.3 Å². The molecule has 3 N–H and O–H groups in total. The van der Waals surface area contributed by atoms with Crippen molar-refractivity contribution in [3.63, 3.8) is 0 Å². The molecule has 0 saturated heterocycles. The number of rotatable bonds is 6. The Labute approximate surface area is 175 Å². The van der Waals surface area contributed by atoms with E-state index in [9.17, 15) is 9.90 Å². The fourth-order valence-corrected chi connectivity index (χ4v) is 3.70. The van der Waals surface area contributed by atoms with E-state index in [4.69, 9.17) is 0 Å². The third-order valence-corrected chi connectivity index (χ3v) is 5.37. The van der Waals surface area contributed by atoms with Crippen LogP contribution in [-0.4, -0.2) is 21.0 Å². The number of aromatic nitrogens is 2. The Morgan fingerprint density at radius 1 is 0.900 bits per heavy atom. The van der Waals surface area contributed by atoms with Crippen molar-refractivity contribution >= 4 is 16.9 Å². The highest BCUT2D eigenvalue weighted by Gasteiger charge is 2.41. The molecule has 0 bridgehead atoms. The molecule has 0 saturated carbocycles. The van der Waals surface area contributed by atoms with Crippen molar-refractivity contribution in [2.75, 3.05) is 0 Å². The summed E-state index contributed by atoms with van der Waals surface area (Å²) >= 11 is 0. The van der Waals surface area contributed by atoms with Gasteiger partial charge in [0.2, 0.25) is 0 Å². The molecule has 152 valence electrons. The fourth-order valence-electron chi connectivity index (χ4n) is 3.70. The second-order valence-electron chi connectivity index (χ2n) is 7.78. The minimum absolute atomic E-state index is 0.0605. The molecule has 1 aromatic heterocycles. The van der Waals surface area contributed by atoms with Crippen LogP contribution < -0.4 is 5.32 Å². The molecule has 1 amide bonds. The maximum absolute atomic E-state index is 13.6. The van der Waals surface area contributed by atoms with E-state index in [0.29, 0.717) is 17.0 Å². The summed E-state index contributed by atoms with van der Waals surface area (Å²) in [6.07, 6.45) is 0. The number of fused-ring (bicyclic) bond motifs is 1. The molecule has 0 fully saturated rings. The van der Waals surface area contributed by atoms with Gasteiger partial charge in [-0.1, -0.05) is 86.6 Å². The zero-order chi connectivity index (χ0) is 21.1. The lowest BCUT2D eigenvalue weighted by Crippen LogP contribution is -2.47. The van der Waals surface area contributed by atoms with Crippen molar-refractivity contribution in [1.82, 2.24) is 15.3 Å². The van der Waals surface area contributed by atoms with Crippen LogP contribution in [0.4, 0.5) is 0 Å². The zero-order valence-corrected chi connectivity index (χ0v) is 17.0. The van der Waals surface area contributed by atoms with E-state index in [-0.39, 0.29) is 12.0 Å². The summed E-state index contributed by atoms with van der Waals surface area (Å²) < 4.78 is 0. The van der Waals surface area contributed by atoms with Crippen molar-refractivity contribution in [2.24, 2.45) is 5.92 Å². The third kappa shape index (κ3) is 3.60. The fraction of sp³-hybridized carbons (Fsp3) is 0.200. The summed E-state index contributed by atoms with van der Waals surface area (Å²) in [6.45, 7) is 4.03. The summed E-state index contributed by atoms with van der Waals surface area (Å²) in [6, 6.07) is 25.4. The molecular formula is C25H25N3O2. The lowest BCUT2D eigenvalue weighted by atomic mass is 9.85. The molecule has 0 spiro atoms. The molecular weight excluding hydrogens is 374 g/mol. The average molecular weight is 399 g/mol. The number of carbonyl (C=O) groups is 1. The van der Waals surface area contributed by atoms with Crippen molar-refractivity contribution in [3.8, 4) is 0 Å². The molecule has 0 radical (unpaired) electrons. The first-order valence-electron chi connectivity index (χ1n) is 10.1. The van der Waals surface area contributed by atoms with Gasteiger partial charge in [-0.25, -0.2) is 4.98 Å². The van der Waals surface area contributed by atoms with Gasteiger partial charge >= 0.3 is 0 Å². The molecule has 30 heavy (non-hydrogen) atoms. The number of nitrogens with zero attached hydrogens (tertiary/aromatic N) is 1. The van der Waals surface area contributed by atoms with Crippen molar-refractivity contribution in [3.05, 3.63) is 102 Å². The Morgan fingerprint density at radius 3 is 1.97 bits per heavy atom. The molecule has 1 heterocycles. The Balaban J connectivity index is 1.73. The minimum atomic E-state index is -1.82. The molecule has 4 aromatic rings. The van der Waals surface area contributed by atoms with Crippen LogP contribution in [-0.2, 0) is 10.4 Å². The van der Waals surface area contributed by atoms with Gasteiger partial charge < -0.3 is 15.4 Å². The smallest absolute Gasteiger partial charge is 0.262 e. The van der Waals surface area contributed by atoms with Gasteiger partial charge in [0.1, 0.15) is 5.82 Å². The highest BCUT2D eigenvalue weighted by atomic mass is 16.3. The molecule has 5 heteroatoms. The monoisotopic (exact) mass is 399 g/mol. The van der Waals surface area contributed by atoms with Crippen molar-refractivity contribution in [1.29, 1.82) is 0 Å². The number of nitrogens with one attached hydrogen (secondary N) is 2. The number of aliphatic hydroxyl groups is 1. The number of H-pyrrole nitrogens is 1. The van der Waals surface area contributed by atoms with Gasteiger partial charge in [-0.3, -0.25) is 4.79 Å². The van der Waals surface area contributed by atoms with E-state index in [1.807, 2.05) is 74.5 Å². The Bertz CT molecular complexity index is 1060. The third-order valence-electron chi connectivity index (χ3n) is 5.37. The molecule has 1 unspecified atom stereocenters. The van der Waals surface area contributed by atoms with Gasteiger partial charge in [-0.05, 0) is 29.2 Å². The number of hydrogen-bond acceptors (Lipinski definition) is 3. The van der Waals surface area contributed by atoms with Gasteiger partial charge in [0.05, 0.1) is 17.1 Å². The second-order valence-corrected chi connectivity index (χ2v) is 7.78. The Morgan fingerprint density at radius 2 is 1.43 bits per heavy atom. The average Bonchev–Trinajstić information content (AvgIpc) is 3.21. The molecule has 0 aliphatic carbocycles. The van der Waals surface area contributed by atoms with E-state index >= 15 is 0 Å². The van der Waals surface area contributed by atoms with Gasteiger partial charge in [-0.2, -0.15) is 0 Å². The summed E-state index contributed by atoms with van der Waals surface area (Å²) in [4.78, 5) is 21.5. The number of carbonyl (C=O) groups excluding carboxylic acids is 1. The van der Waals surface area contributed by atoms with Crippen LogP contribution in [0, 0.1) is 5.92 Å². The Hall–Kier alpha value is -3.44. The van der Waals surface area contributed by atoms with Gasteiger partial charge in [-0.15, -0.1) is 0 Å². The van der Waals surface area contributed by atoms with E-state index in [1.165, 1.54) is 0 Å². The topological polar surface area (TPSA) is 78.0 Å². The van der Waals surface area contributed by atoms with Crippen molar-refractivity contribution in [2.45, 2.75) is 25.5 Å². The van der Waals surface area contributed by atoms with Crippen molar-refractivity contribution < 1.29 is 9.90 Å². The van der Waals surface area contributed by atoms with Crippen LogP contribution in [0.3, 0.4) is 0 Å². The van der Waals surface area contributed by atoms with Crippen LogP contribution in [0.15, 0.2) is 84.9 Å². The number of aromatic amines is 1. The maximum atomic E-state index is 13.6. The summed E-state index contributed by atoms with van der Waals surface area (Å²) in [5.74, 6) is 0.243. The highest BCUT2D eigenvalue weighted by Crippen LogP contribution is 2.32. The molecule has 3 aromatic carbocycles. The predicted molar refractivity (Wildman–Crippen MR) is 118 cm³/mol. The molecule has 4 rings (SSSR count). The van der Waals surface area contributed by atoms with Gasteiger partial charge in [0.15, 0.2) is 5.60 Å². The number of hydrogen-bond donors (Lipinski definition) is 3. The zero-order valence-electron chi connectivity index (χ0n) is 17.0. The number of imidazole rings is 1. The lowest BCUT2D eigenvalue weighted by Gasteiger charge is -2.31. The summed E-state index contributed by atoms with van der Waals surface area (Å²) in [5.41, 5.74) is 0.964. The molecule has 5 nitrogen and oxygen atoms in total. The first-order chi connectivity index (χ1) is 14.5. The summed E-state index contributed by atoms with van der Waals surface area (Å²) in [7, 11) is 0. The van der Waals surface area contributed by atoms with Crippen LogP contribution in [0.2, 0.25) is 0 Å². The van der Waals surface area contributed by atoms with Gasteiger partial charge in [0, 0.05) is 0 Å². The first kappa shape index (κ1) is 19.9. The van der Waals surface area contributed by atoms with E-state index < -0.39 is 11.5 Å². The highest BCUT2D eigenvalue weighted by molar-refractivity contribution is 5.90. The van der Waals surface area contributed by atoms with Crippen LogP contribution in [0.5, 0.6) is 0 Å². The largest absolute Gasteiger partial charge is 0.372 e. The Kier molecular flexibility index (Phi) is 5.38. The first-order valence-corrected chi connectivity index (χ1v) is 10.1.